The second kappa shape index (κ2) is 15.1. The number of rotatable bonds is 16. The van der Waals surface area contributed by atoms with Crippen molar-refractivity contribution in [3.8, 4) is 11.5 Å². The van der Waals surface area contributed by atoms with Crippen LogP contribution >= 0.6 is 0 Å². The highest BCUT2D eigenvalue weighted by atomic mass is 16.5. The Kier molecular flexibility index (Phi) is 12.3. The molecule has 0 saturated heterocycles. The Bertz CT molecular complexity index is 902. The largest absolute Gasteiger partial charge is 0.507 e. The fourth-order valence-corrected chi connectivity index (χ4v) is 4.31. The van der Waals surface area contributed by atoms with Gasteiger partial charge in [0, 0.05) is 6.20 Å². The Morgan fingerprint density at radius 2 is 1.75 bits per heavy atom. The molecule has 1 aliphatic heterocycles. The van der Waals surface area contributed by atoms with E-state index >= 15 is 0 Å². The summed E-state index contributed by atoms with van der Waals surface area (Å²) in [6, 6.07) is 3.74. The fourth-order valence-electron chi connectivity index (χ4n) is 4.31. The van der Waals surface area contributed by atoms with Crippen LogP contribution < -0.4 is 10.5 Å². The minimum absolute atomic E-state index is 0.00128. The van der Waals surface area contributed by atoms with E-state index < -0.39 is 29.9 Å². The van der Waals surface area contributed by atoms with E-state index in [4.69, 9.17) is 15.2 Å². The molecular weight excluding hydrogens is 464 g/mol. The van der Waals surface area contributed by atoms with E-state index in [2.05, 4.69) is 6.92 Å². The molecule has 9 heteroatoms. The molecule has 0 saturated carbocycles. The molecule has 9 nitrogen and oxygen atoms in total. The number of phenols is 1. The second-order valence-electron chi connectivity index (χ2n) is 9.17. The number of unbranched alkanes of at least 4 members (excludes halogenated alkanes) is 5. The number of primary amides is 1. The van der Waals surface area contributed by atoms with Gasteiger partial charge in [-0.1, -0.05) is 51.2 Å². The second-order valence-corrected chi connectivity index (χ2v) is 9.17. The predicted octanol–water partition coefficient (Wildman–Crippen LogP) is 3.81. The quantitative estimate of drug-likeness (QED) is 0.230. The lowest BCUT2D eigenvalue weighted by Crippen LogP contribution is -2.41. The summed E-state index contributed by atoms with van der Waals surface area (Å²) in [5.41, 5.74) is 5.09. The number of esters is 1. The fraction of sp³-hybridized carbons (Fsp3) is 0.593. The summed E-state index contributed by atoms with van der Waals surface area (Å²) in [6.07, 6.45) is 10.3. The van der Waals surface area contributed by atoms with Gasteiger partial charge in [0.25, 0.3) is 5.91 Å². The zero-order chi connectivity index (χ0) is 26.5. The van der Waals surface area contributed by atoms with Gasteiger partial charge >= 0.3 is 5.97 Å². The summed E-state index contributed by atoms with van der Waals surface area (Å²) in [5.74, 6) is -1.73. The lowest BCUT2D eigenvalue weighted by molar-refractivity contribution is -0.154. The molecule has 1 aromatic carbocycles. The van der Waals surface area contributed by atoms with Gasteiger partial charge in [-0.15, -0.1) is 0 Å². The third-order valence-corrected chi connectivity index (χ3v) is 6.40. The molecular formula is C27H40N2O7. The SMILES string of the molecule is CCCCCC[C@H](CCCCC[C@@H](O)C(N)=O)OC(=O)[C@@H]1CC=CN1C(=O)c1c(O)cccc1OC. The highest BCUT2D eigenvalue weighted by Gasteiger charge is 2.36. The Labute approximate surface area is 213 Å². The number of ether oxygens (including phenoxy) is 2. The molecule has 3 atom stereocenters. The van der Waals surface area contributed by atoms with Crippen molar-refractivity contribution in [3.05, 3.63) is 36.0 Å². The minimum atomic E-state index is -1.13. The van der Waals surface area contributed by atoms with Crippen molar-refractivity contribution < 1.29 is 34.1 Å². The minimum Gasteiger partial charge on any atom is -0.507 e. The van der Waals surface area contributed by atoms with Crippen LogP contribution in [0.1, 0.15) is 87.9 Å². The molecule has 0 radical (unpaired) electrons. The van der Waals surface area contributed by atoms with Crippen molar-refractivity contribution in [1.29, 1.82) is 0 Å². The van der Waals surface area contributed by atoms with E-state index in [0.717, 1.165) is 44.9 Å². The Balaban J connectivity index is 2.00. The molecule has 36 heavy (non-hydrogen) atoms. The summed E-state index contributed by atoms with van der Waals surface area (Å²) < 4.78 is 11.1. The van der Waals surface area contributed by atoms with Crippen molar-refractivity contribution in [2.75, 3.05) is 7.11 Å². The van der Waals surface area contributed by atoms with Crippen molar-refractivity contribution >= 4 is 17.8 Å². The zero-order valence-electron chi connectivity index (χ0n) is 21.4. The van der Waals surface area contributed by atoms with E-state index in [1.54, 1.807) is 24.4 Å². The van der Waals surface area contributed by atoms with Crippen LogP contribution in [0.15, 0.2) is 30.5 Å². The number of aliphatic hydroxyl groups is 1. The van der Waals surface area contributed by atoms with E-state index in [9.17, 15) is 24.6 Å². The summed E-state index contributed by atoms with van der Waals surface area (Å²) in [5, 5.41) is 19.8. The van der Waals surface area contributed by atoms with Gasteiger partial charge in [-0.3, -0.25) is 9.59 Å². The molecule has 1 heterocycles. The Morgan fingerprint density at radius 1 is 1.08 bits per heavy atom. The number of benzene rings is 1. The standard InChI is InChI=1S/C27H40N2O7/c1-3-4-5-7-12-19(13-8-6-9-15-22(31)25(28)32)36-27(34)20-14-11-18-29(20)26(33)24-21(30)16-10-17-23(24)35-2/h10-11,16-20,22,30-31H,3-9,12-15H2,1-2H3,(H2,28,32)/t19-,20+,22-/m1/s1. The maximum atomic E-state index is 13.2. The normalized spacial score (nSPS) is 16.5. The number of carbonyl (C=O) groups excluding carboxylic acids is 3. The smallest absolute Gasteiger partial charge is 0.329 e. The van der Waals surface area contributed by atoms with Gasteiger partial charge in [0.2, 0.25) is 5.91 Å². The molecule has 0 spiro atoms. The molecule has 0 aromatic heterocycles. The van der Waals surface area contributed by atoms with Crippen LogP contribution in [0, 0.1) is 0 Å². The summed E-state index contributed by atoms with van der Waals surface area (Å²) >= 11 is 0. The van der Waals surface area contributed by atoms with Crippen LogP contribution in [0.2, 0.25) is 0 Å². The summed E-state index contributed by atoms with van der Waals surface area (Å²) in [6.45, 7) is 2.14. The van der Waals surface area contributed by atoms with Gasteiger partial charge in [-0.2, -0.15) is 0 Å². The average Bonchev–Trinajstić information content (AvgIpc) is 3.35. The number of nitrogens with zero attached hydrogens (tertiary/aromatic N) is 1. The van der Waals surface area contributed by atoms with Crippen LogP contribution in [0.5, 0.6) is 11.5 Å². The first-order valence-electron chi connectivity index (χ1n) is 12.8. The number of aromatic hydroxyl groups is 1. The molecule has 0 unspecified atom stereocenters. The van der Waals surface area contributed by atoms with E-state index in [1.165, 1.54) is 18.1 Å². The molecule has 0 fully saturated rings. The van der Waals surface area contributed by atoms with Gasteiger partial charge in [-0.05, 0) is 50.7 Å². The number of phenolic OH excluding ortho intramolecular Hbond substituents is 1. The van der Waals surface area contributed by atoms with Crippen molar-refractivity contribution in [2.24, 2.45) is 5.73 Å². The van der Waals surface area contributed by atoms with Crippen molar-refractivity contribution in [2.45, 2.75) is 95.8 Å². The van der Waals surface area contributed by atoms with Crippen molar-refractivity contribution in [1.82, 2.24) is 4.90 Å². The van der Waals surface area contributed by atoms with Gasteiger partial charge in [0.15, 0.2) is 0 Å². The number of aliphatic hydroxyl groups excluding tert-OH is 1. The van der Waals surface area contributed by atoms with E-state index in [-0.39, 0.29) is 23.2 Å². The highest BCUT2D eigenvalue weighted by Crippen LogP contribution is 2.31. The lowest BCUT2D eigenvalue weighted by Gasteiger charge is -2.26. The third-order valence-electron chi connectivity index (χ3n) is 6.40. The van der Waals surface area contributed by atoms with Gasteiger partial charge in [0.1, 0.15) is 35.3 Å². The Morgan fingerprint density at radius 3 is 2.39 bits per heavy atom. The van der Waals surface area contributed by atoms with Crippen LogP contribution in [0.25, 0.3) is 0 Å². The number of hydrogen-bond donors (Lipinski definition) is 3. The van der Waals surface area contributed by atoms with Crippen LogP contribution in [0.3, 0.4) is 0 Å². The van der Waals surface area contributed by atoms with Crippen LogP contribution in [0.4, 0.5) is 0 Å². The van der Waals surface area contributed by atoms with E-state index in [1.807, 2.05) is 0 Å². The van der Waals surface area contributed by atoms with Crippen molar-refractivity contribution in [3.63, 3.8) is 0 Å². The lowest BCUT2D eigenvalue weighted by atomic mass is 10.0. The number of hydrogen-bond acceptors (Lipinski definition) is 7. The molecule has 0 bridgehead atoms. The molecule has 0 aliphatic carbocycles. The highest BCUT2D eigenvalue weighted by molar-refractivity contribution is 6.02. The number of amides is 2. The molecule has 1 aromatic rings. The maximum absolute atomic E-state index is 13.2. The zero-order valence-corrected chi connectivity index (χ0v) is 21.4. The van der Waals surface area contributed by atoms with Gasteiger partial charge in [-0.25, -0.2) is 4.79 Å². The van der Waals surface area contributed by atoms with Crippen LogP contribution in [-0.4, -0.2) is 58.3 Å². The van der Waals surface area contributed by atoms with Crippen LogP contribution in [-0.2, 0) is 14.3 Å². The molecule has 4 N–H and O–H groups in total. The first kappa shape index (κ1) is 29.2. The number of nitrogens with two attached hydrogens (primary N) is 1. The predicted molar refractivity (Wildman–Crippen MR) is 135 cm³/mol. The first-order chi connectivity index (χ1) is 17.3. The Hall–Kier alpha value is -3.07. The van der Waals surface area contributed by atoms with E-state index in [0.29, 0.717) is 25.7 Å². The van der Waals surface area contributed by atoms with Gasteiger partial charge < -0.3 is 30.3 Å². The maximum Gasteiger partial charge on any atom is 0.329 e. The molecule has 2 rings (SSSR count). The first-order valence-corrected chi connectivity index (χ1v) is 12.8. The molecule has 200 valence electrons. The summed E-state index contributed by atoms with van der Waals surface area (Å²) in [7, 11) is 1.41. The average molecular weight is 505 g/mol. The number of carbonyl (C=O) groups is 3. The van der Waals surface area contributed by atoms with Gasteiger partial charge in [0.05, 0.1) is 7.11 Å². The number of methoxy groups -OCH3 is 1. The molecule has 1 aliphatic rings. The molecule has 2 amide bonds. The topological polar surface area (TPSA) is 139 Å². The monoisotopic (exact) mass is 504 g/mol. The summed E-state index contributed by atoms with van der Waals surface area (Å²) in [4.78, 5) is 38.6. The third kappa shape index (κ3) is 8.55.